The summed E-state index contributed by atoms with van der Waals surface area (Å²) in [6, 6.07) is 12.4. The molecule has 0 radical (unpaired) electrons. The van der Waals surface area contributed by atoms with Crippen molar-refractivity contribution in [2.24, 2.45) is 5.73 Å². The average Bonchev–Trinajstić information content (AvgIpc) is 2.70. The standard InChI is InChI=1S/C13H14BrNS/c1-13(15,9-12-6-3-7-16-12)10-4-2-5-11(14)8-10/h2-8H,9,15H2,1H3. The van der Waals surface area contributed by atoms with Gasteiger partial charge in [0.05, 0.1) is 0 Å². The summed E-state index contributed by atoms with van der Waals surface area (Å²) in [7, 11) is 0. The van der Waals surface area contributed by atoms with E-state index in [4.69, 9.17) is 5.73 Å². The topological polar surface area (TPSA) is 26.0 Å². The molecule has 0 aliphatic rings. The Balaban J connectivity index is 2.24. The Kier molecular flexibility index (Phi) is 3.47. The molecule has 0 amide bonds. The molecule has 1 aromatic heterocycles. The van der Waals surface area contributed by atoms with Gasteiger partial charge in [-0.25, -0.2) is 0 Å². The van der Waals surface area contributed by atoms with E-state index in [1.165, 1.54) is 4.88 Å². The largest absolute Gasteiger partial charge is 0.321 e. The van der Waals surface area contributed by atoms with Gasteiger partial charge >= 0.3 is 0 Å². The zero-order valence-corrected chi connectivity index (χ0v) is 11.5. The molecule has 1 atom stereocenters. The van der Waals surface area contributed by atoms with Crippen molar-refractivity contribution in [2.75, 3.05) is 0 Å². The Morgan fingerprint density at radius 3 is 2.75 bits per heavy atom. The quantitative estimate of drug-likeness (QED) is 0.912. The predicted octanol–water partition coefficient (Wildman–Crippen LogP) is 3.93. The molecule has 1 aromatic carbocycles. The maximum Gasteiger partial charge on any atom is 0.0430 e. The van der Waals surface area contributed by atoms with Gasteiger partial charge in [0.15, 0.2) is 0 Å². The molecule has 3 heteroatoms. The first kappa shape index (κ1) is 11.8. The number of halogens is 1. The molecule has 84 valence electrons. The number of thiophene rings is 1. The SMILES string of the molecule is CC(N)(Cc1cccs1)c1cccc(Br)c1. The van der Waals surface area contributed by atoms with Crippen molar-refractivity contribution < 1.29 is 0 Å². The molecule has 2 N–H and O–H groups in total. The molecule has 2 aromatic rings. The first-order valence-electron chi connectivity index (χ1n) is 5.15. The van der Waals surface area contributed by atoms with Gasteiger partial charge in [0.2, 0.25) is 0 Å². The first-order chi connectivity index (χ1) is 7.58. The highest BCUT2D eigenvalue weighted by molar-refractivity contribution is 9.10. The lowest BCUT2D eigenvalue weighted by atomic mass is 9.89. The lowest BCUT2D eigenvalue weighted by Gasteiger charge is -2.24. The van der Waals surface area contributed by atoms with E-state index >= 15 is 0 Å². The summed E-state index contributed by atoms with van der Waals surface area (Å²) in [4.78, 5) is 1.32. The van der Waals surface area contributed by atoms with Crippen LogP contribution in [-0.4, -0.2) is 0 Å². The number of nitrogens with two attached hydrogens (primary N) is 1. The molecule has 0 bridgehead atoms. The third kappa shape index (κ3) is 2.73. The summed E-state index contributed by atoms with van der Waals surface area (Å²) in [5.74, 6) is 0. The summed E-state index contributed by atoms with van der Waals surface area (Å²) in [5, 5.41) is 2.09. The molecule has 1 nitrogen and oxygen atoms in total. The Hall–Kier alpha value is -0.640. The third-order valence-corrected chi connectivity index (χ3v) is 3.98. The highest BCUT2D eigenvalue weighted by atomic mass is 79.9. The van der Waals surface area contributed by atoms with Crippen LogP contribution >= 0.6 is 27.3 Å². The van der Waals surface area contributed by atoms with Crippen LogP contribution in [0.25, 0.3) is 0 Å². The van der Waals surface area contributed by atoms with Crippen molar-refractivity contribution in [3.63, 3.8) is 0 Å². The zero-order valence-electron chi connectivity index (χ0n) is 9.11. The first-order valence-corrected chi connectivity index (χ1v) is 6.82. The molecule has 0 fully saturated rings. The van der Waals surface area contributed by atoms with E-state index in [9.17, 15) is 0 Å². The van der Waals surface area contributed by atoms with E-state index in [1.54, 1.807) is 11.3 Å². The lowest BCUT2D eigenvalue weighted by Crippen LogP contribution is -2.35. The molecule has 0 saturated carbocycles. The minimum atomic E-state index is -0.311. The zero-order chi connectivity index (χ0) is 11.6. The molecule has 1 heterocycles. The molecule has 0 saturated heterocycles. The van der Waals surface area contributed by atoms with Gasteiger partial charge < -0.3 is 5.73 Å². The van der Waals surface area contributed by atoms with E-state index in [0.717, 1.165) is 16.5 Å². The Morgan fingerprint density at radius 1 is 1.31 bits per heavy atom. The fourth-order valence-electron chi connectivity index (χ4n) is 1.72. The minimum Gasteiger partial charge on any atom is -0.321 e. The van der Waals surface area contributed by atoms with Gasteiger partial charge in [-0.05, 0) is 36.1 Å². The summed E-state index contributed by atoms with van der Waals surface area (Å²) >= 11 is 5.24. The van der Waals surface area contributed by atoms with E-state index < -0.39 is 0 Å². The molecule has 0 aliphatic heterocycles. The second-order valence-corrected chi connectivity index (χ2v) is 6.13. The van der Waals surface area contributed by atoms with Gasteiger partial charge in [0.1, 0.15) is 0 Å². The normalized spacial score (nSPS) is 14.7. The van der Waals surface area contributed by atoms with E-state index in [2.05, 4.69) is 52.5 Å². The number of hydrogen-bond donors (Lipinski definition) is 1. The lowest BCUT2D eigenvalue weighted by molar-refractivity contribution is 0.495. The molecule has 0 spiro atoms. The molecule has 1 unspecified atom stereocenters. The maximum atomic E-state index is 6.38. The van der Waals surface area contributed by atoms with Crippen LogP contribution in [0.15, 0.2) is 46.3 Å². The van der Waals surface area contributed by atoms with Gasteiger partial charge in [0.25, 0.3) is 0 Å². The van der Waals surface area contributed by atoms with Gasteiger partial charge in [-0.1, -0.05) is 34.1 Å². The van der Waals surface area contributed by atoms with Crippen molar-refractivity contribution in [3.8, 4) is 0 Å². The van der Waals surface area contributed by atoms with Crippen LogP contribution in [0.3, 0.4) is 0 Å². The van der Waals surface area contributed by atoms with Gasteiger partial charge in [-0.2, -0.15) is 0 Å². The van der Waals surface area contributed by atoms with Gasteiger partial charge in [0, 0.05) is 21.3 Å². The van der Waals surface area contributed by atoms with Crippen LogP contribution in [0.5, 0.6) is 0 Å². The van der Waals surface area contributed by atoms with Crippen LogP contribution in [0.2, 0.25) is 0 Å². The minimum absolute atomic E-state index is 0.311. The molecule has 2 rings (SSSR count). The van der Waals surface area contributed by atoms with Crippen molar-refractivity contribution in [1.29, 1.82) is 0 Å². The second-order valence-electron chi connectivity index (χ2n) is 4.18. The second kappa shape index (κ2) is 4.70. The maximum absolute atomic E-state index is 6.38. The van der Waals surface area contributed by atoms with Crippen molar-refractivity contribution in [1.82, 2.24) is 0 Å². The van der Waals surface area contributed by atoms with E-state index in [0.29, 0.717) is 0 Å². The Morgan fingerprint density at radius 2 is 2.12 bits per heavy atom. The molecular formula is C13H14BrNS. The predicted molar refractivity (Wildman–Crippen MR) is 73.7 cm³/mol. The van der Waals surface area contributed by atoms with Crippen LogP contribution in [0, 0.1) is 0 Å². The Labute approximate surface area is 108 Å². The fourth-order valence-corrected chi connectivity index (χ4v) is 2.99. The Bertz CT molecular complexity index is 463. The highest BCUT2D eigenvalue weighted by Gasteiger charge is 2.22. The molecule has 0 aliphatic carbocycles. The van der Waals surface area contributed by atoms with Crippen LogP contribution in [0.4, 0.5) is 0 Å². The van der Waals surface area contributed by atoms with Crippen molar-refractivity contribution in [2.45, 2.75) is 18.9 Å². The monoisotopic (exact) mass is 295 g/mol. The number of benzene rings is 1. The third-order valence-electron chi connectivity index (χ3n) is 2.61. The van der Waals surface area contributed by atoms with Crippen molar-refractivity contribution >= 4 is 27.3 Å². The van der Waals surface area contributed by atoms with E-state index in [1.807, 2.05) is 12.1 Å². The molecule has 16 heavy (non-hydrogen) atoms. The van der Waals surface area contributed by atoms with Crippen molar-refractivity contribution in [3.05, 3.63) is 56.7 Å². The van der Waals surface area contributed by atoms with Crippen LogP contribution < -0.4 is 5.73 Å². The number of hydrogen-bond acceptors (Lipinski definition) is 2. The summed E-state index contributed by atoms with van der Waals surface area (Å²) in [6.45, 7) is 2.08. The number of rotatable bonds is 3. The van der Waals surface area contributed by atoms with Crippen LogP contribution in [-0.2, 0) is 12.0 Å². The highest BCUT2D eigenvalue weighted by Crippen LogP contribution is 2.26. The smallest absolute Gasteiger partial charge is 0.0430 e. The summed E-state index contributed by atoms with van der Waals surface area (Å²) < 4.78 is 1.08. The fraction of sp³-hybridized carbons (Fsp3) is 0.231. The molecular weight excluding hydrogens is 282 g/mol. The summed E-state index contributed by atoms with van der Waals surface area (Å²) in [5.41, 5.74) is 7.24. The van der Waals surface area contributed by atoms with E-state index in [-0.39, 0.29) is 5.54 Å². The van der Waals surface area contributed by atoms with Crippen LogP contribution in [0.1, 0.15) is 17.4 Å². The van der Waals surface area contributed by atoms with Gasteiger partial charge in [-0.15, -0.1) is 11.3 Å². The van der Waals surface area contributed by atoms with Gasteiger partial charge in [-0.3, -0.25) is 0 Å². The summed E-state index contributed by atoms with van der Waals surface area (Å²) in [6.07, 6.45) is 0.876. The average molecular weight is 296 g/mol.